The maximum Gasteiger partial charge on any atom is 0.175 e. The minimum Gasteiger partial charge on any atom is -0.324 e. The van der Waals surface area contributed by atoms with Crippen LogP contribution in [0.2, 0.25) is 0 Å². The van der Waals surface area contributed by atoms with Crippen molar-refractivity contribution in [2.45, 2.75) is 56.4 Å². The average molecular weight is 283 g/mol. The van der Waals surface area contributed by atoms with Gasteiger partial charge in [0.15, 0.2) is 9.84 Å². The lowest BCUT2D eigenvalue weighted by atomic mass is 10.0. The van der Waals surface area contributed by atoms with Crippen molar-refractivity contribution in [2.24, 2.45) is 5.73 Å². The van der Waals surface area contributed by atoms with Crippen molar-refractivity contribution >= 4 is 9.84 Å². The quantitative estimate of drug-likeness (QED) is 0.743. The molecule has 3 nitrogen and oxygen atoms in total. The summed E-state index contributed by atoms with van der Waals surface area (Å²) in [5.74, 6) is 0. The van der Waals surface area contributed by atoms with E-state index in [-0.39, 0.29) is 6.04 Å². The van der Waals surface area contributed by atoms with E-state index in [0.717, 1.165) is 18.4 Å². The Kier molecular flexibility index (Phi) is 6.52. The van der Waals surface area contributed by atoms with Crippen LogP contribution in [0.15, 0.2) is 29.2 Å². The van der Waals surface area contributed by atoms with Crippen LogP contribution in [0.5, 0.6) is 0 Å². The molecule has 0 heterocycles. The molecule has 0 aliphatic rings. The Morgan fingerprint density at radius 2 is 1.84 bits per heavy atom. The Labute approximate surface area is 117 Å². The first-order valence-corrected chi connectivity index (χ1v) is 8.90. The minimum absolute atomic E-state index is 0.0664. The summed E-state index contributed by atoms with van der Waals surface area (Å²) in [4.78, 5) is 0.353. The standard InChI is InChI=1S/C15H25NO2S/c1-3-4-5-6-7-11-15(16)13-9-8-10-14(12-13)19(2,17)18/h8-10,12,15H,3-7,11,16H2,1-2H3. The predicted octanol–water partition coefficient (Wildman–Crippen LogP) is 3.45. The Hall–Kier alpha value is -0.870. The predicted molar refractivity (Wildman–Crippen MR) is 79.9 cm³/mol. The van der Waals surface area contributed by atoms with Gasteiger partial charge in [0, 0.05) is 12.3 Å². The molecule has 0 saturated heterocycles. The zero-order valence-corrected chi connectivity index (χ0v) is 12.7. The van der Waals surface area contributed by atoms with E-state index in [1.807, 2.05) is 6.07 Å². The Morgan fingerprint density at radius 1 is 1.16 bits per heavy atom. The molecule has 1 atom stereocenters. The van der Waals surface area contributed by atoms with Gasteiger partial charge in [0.05, 0.1) is 4.90 Å². The van der Waals surface area contributed by atoms with E-state index in [0.29, 0.717) is 4.90 Å². The van der Waals surface area contributed by atoms with Crippen molar-refractivity contribution in [3.05, 3.63) is 29.8 Å². The van der Waals surface area contributed by atoms with Crippen LogP contribution in [0, 0.1) is 0 Å². The van der Waals surface area contributed by atoms with Gasteiger partial charge in [-0.3, -0.25) is 0 Å². The highest BCUT2D eigenvalue weighted by atomic mass is 32.2. The van der Waals surface area contributed by atoms with Gasteiger partial charge in [-0.1, -0.05) is 51.2 Å². The van der Waals surface area contributed by atoms with Crippen molar-refractivity contribution in [2.75, 3.05) is 6.26 Å². The average Bonchev–Trinajstić information content (AvgIpc) is 2.37. The first-order valence-electron chi connectivity index (χ1n) is 7.00. The molecule has 0 saturated carbocycles. The van der Waals surface area contributed by atoms with Gasteiger partial charge in [0.2, 0.25) is 0 Å². The molecule has 2 N–H and O–H groups in total. The second kappa shape index (κ2) is 7.65. The van der Waals surface area contributed by atoms with Crippen molar-refractivity contribution in [3.8, 4) is 0 Å². The Morgan fingerprint density at radius 3 is 2.47 bits per heavy atom. The molecule has 1 unspecified atom stereocenters. The number of sulfone groups is 1. The molecule has 0 aromatic heterocycles. The van der Waals surface area contributed by atoms with E-state index in [4.69, 9.17) is 5.73 Å². The van der Waals surface area contributed by atoms with Crippen LogP contribution in [-0.2, 0) is 9.84 Å². The third-order valence-corrected chi connectivity index (χ3v) is 4.44. The maximum atomic E-state index is 11.5. The summed E-state index contributed by atoms with van der Waals surface area (Å²) in [6, 6.07) is 6.93. The fourth-order valence-electron chi connectivity index (χ4n) is 2.11. The van der Waals surface area contributed by atoms with Gasteiger partial charge in [-0.15, -0.1) is 0 Å². The lowest BCUT2D eigenvalue weighted by Crippen LogP contribution is -2.11. The molecule has 0 aliphatic heterocycles. The summed E-state index contributed by atoms with van der Waals surface area (Å²) >= 11 is 0. The third-order valence-electron chi connectivity index (χ3n) is 3.33. The number of hydrogen-bond donors (Lipinski definition) is 1. The monoisotopic (exact) mass is 283 g/mol. The molecule has 108 valence electrons. The second-order valence-corrected chi connectivity index (χ2v) is 7.17. The lowest BCUT2D eigenvalue weighted by molar-refractivity contribution is 0.554. The summed E-state index contributed by atoms with van der Waals surface area (Å²) in [6.07, 6.45) is 8.21. The van der Waals surface area contributed by atoms with Crippen LogP contribution in [-0.4, -0.2) is 14.7 Å². The topological polar surface area (TPSA) is 60.2 Å². The van der Waals surface area contributed by atoms with Gasteiger partial charge < -0.3 is 5.73 Å². The summed E-state index contributed by atoms with van der Waals surface area (Å²) in [5, 5.41) is 0. The highest BCUT2D eigenvalue weighted by Crippen LogP contribution is 2.20. The normalized spacial score (nSPS) is 13.4. The summed E-state index contributed by atoms with van der Waals surface area (Å²) < 4.78 is 23.0. The van der Waals surface area contributed by atoms with Gasteiger partial charge in [-0.25, -0.2) is 8.42 Å². The first-order chi connectivity index (χ1) is 8.95. The second-order valence-electron chi connectivity index (χ2n) is 5.15. The molecular weight excluding hydrogens is 258 g/mol. The van der Waals surface area contributed by atoms with E-state index >= 15 is 0 Å². The van der Waals surface area contributed by atoms with Gasteiger partial charge in [0.25, 0.3) is 0 Å². The van der Waals surface area contributed by atoms with Crippen LogP contribution in [0.3, 0.4) is 0 Å². The van der Waals surface area contributed by atoms with Crippen molar-refractivity contribution in [1.29, 1.82) is 0 Å². The minimum atomic E-state index is -3.15. The van der Waals surface area contributed by atoms with Gasteiger partial charge in [-0.2, -0.15) is 0 Å². The molecule has 0 fully saturated rings. The van der Waals surface area contributed by atoms with E-state index in [1.165, 1.54) is 31.9 Å². The number of rotatable bonds is 8. The molecule has 0 radical (unpaired) electrons. The SMILES string of the molecule is CCCCCCCC(N)c1cccc(S(C)(=O)=O)c1. The molecule has 0 amide bonds. The molecule has 0 spiro atoms. The molecule has 0 aliphatic carbocycles. The number of hydrogen-bond acceptors (Lipinski definition) is 3. The van der Waals surface area contributed by atoms with E-state index in [2.05, 4.69) is 6.92 Å². The largest absolute Gasteiger partial charge is 0.324 e. The Bertz CT molecular complexity index is 483. The fourth-order valence-corrected chi connectivity index (χ4v) is 2.79. The summed E-state index contributed by atoms with van der Waals surface area (Å²) in [5.41, 5.74) is 7.04. The molecule has 1 rings (SSSR count). The van der Waals surface area contributed by atoms with Crippen molar-refractivity contribution in [3.63, 3.8) is 0 Å². The number of benzene rings is 1. The molecule has 1 aromatic carbocycles. The highest BCUT2D eigenvalue weighted by molar-refractivity contribution is 7.90. The zero-order valence-electron chi connectivity index (χ0n) is 11.9. The Balaban J connectivity index is 2.55. The zero-order chi connectivity index (χ0) is 14.3. The van der Waals surface area contributed by atoms with E-state index in [1.54, 1.807) is 18.2 Å². The van der Waals surface area contributed by atoms with Crippen molar-refractivity contribution < 1.29 is 8.42 Å². The third kappa shape index (κ3) is 5.74. The fraction of sp³-hybridized carbons (Fsp3) is 0.600. The highest BCUT2D eigenvalue weighted by Gasteiger charge is 2.11. The summed E-state index contributed by atoms with van der Waals surface area (Å²) in [6.45, 7) is 2.20. The van der Waals surface area contributed by atoms with Crippen LogP contribution in [0.25, 0.3) is 0 Å². The molecule has 1 aromatic rings. The number of nitrogens with two attached hydrogens (primary N) is 1. The van der Waals surface area contributed by atoms with Gasteiger partial charge >= 0.3 is 0 Å². The van der Waals surface area contributed by atoms with Crippen LogP contribution in [0.1, 0.15) is 57.1 Å². The van der Waals surface area contributed by atoms with E-state index < -0.39 is 9.84 Å². The van der Waals surface area contributed by atoms with Crippen LogP contribution in [0.4, 0.5) is 0 Å². The smallest absolute Gasteiger partial charge is 0.175 e. The first kappa shape index (κ1) is 16.2. The van der Waals surface area contributed by atoms with Gasteiger partial charge in [-0.05, 0) is 24.1 Å². The lowest BCUT2D eigenvalue weighted by Gasteiger charge is -2.12. The number of unbranched alkanes of at least 4 members (excludes halogenated alkanes) is 4. The van der Waals surface area contributed by atoms with Crippen LogP contribution < -0.4 is 5.73 Å². The van der Waals surface area contributed by atoms with Crippen LogP contribution >= 0.6 is 0 Å². The van der Waals surface area contributed by atoms with E-state index in [9.17, 15) is 8.42 Å². The molecule has 0 bridgehead atoms. The maximum absolute atomic E-state index is 11.5. The summed E-state index contributed by atoms with van der Waals surface area (Å²) in [7, 11) is -3.15. The molecular formula is C15H25NO2S. The molecule has 4 heteroatoms. The van der Waals surface area contributed by atoms with Gasteiger partial charge in [0.1, 0.15) is 0 Å². The molecule has 19 heavy (non-hydrogen) atoms. The van der Waals surface area contributed by atoms with Crippen molar-refractivity contribution in [1.82, 2.24) is 0 Å².